The molecule has 0 aromatic heterocycles. The second-order valence-corrected chi connectivity index (χ2v) is 4.93. The van der Waals surface area contributed by atoms with E-state index < -0.39 is 0 Å². The minimum absolute atomic E-state index is 0.00444. The summed E-state index contributed by atoms with van der Waals surface area (Å²) in [6.07, 6.45) is 0.573. The van der Waals surface area contributed by atoms with Crippen molar-refractivity contribution in [3.8, 4) is 0 Å². The quantitative estimate of drug-likeness (QED) is 0.780. The molecule has 0 radical (unpaired) electrons. The highest BCUT2D eigenvalue weighted by molar-refractivity contribution is 6.17. The van der Waals surface area contributed by atoms with Gasteiger partial charge in [0.05, 0.1) is 0 Å². The smallest absolute Gasteiger partial charge is 0.251 e. The molecule has 1 unspecified atom stereocenters. The summed E-state index contributed by atoms with van der Waals surface area (Å²) in [5, 5.41) is 11.9. The first-order valence-electron chi connectivity index (χ1n) is 6.15. The fraction of sp³-hybridized carbons (Fsp3) is 0.500. The zero-order chi connectivity index (χ0) is 13.5. The SMILES string of the molecule is CC(C)C(CCO)NC(=O)c1ccc(CCl)cc1. The lowest BCUT2D eigenvalue weighted by molar-refractivity contribution is 0.0916. The predicted octanol–water partition coefficient (Wildman–Crippen LogP) is 2.56. The van der Waals surface area contributed by atoms with Crippen LogP contribution in [0.1, 0.15) is 36.2 Å². The van der Waals surface area contributed by atoms with Gasteiger partial charge in [0.25, 0.3) is 5.91 Å². The summed E-state index contributed by atoms with van der Waals surface area (Å²) >= 11 is 5.70. The third-order valence-electron chi connectivity index (χ3n) is 2.93. The van der Waals surface area contributed by atoms with Gasteiger partial charge in [-0.1, -0.05) is 26.0 Å². The Kier molecular flexibility index (Phi) is 6.16. The summed E-state index contributed by atoms with van der Waals surface area (Å²) in [7, 11) is 0. The van der Waals surface area contributed by atoms with Gasteiger partial charge < -0.3 is 10.4 Å². The molecule has 4 heteroatoms. The maximum atomic E-state index is 12.0. The van der Waals surface area contributed by atoms with E-state index in [1.807, 2.05) is 26.0 Å². The number of hydrogen-bond acceptors (Lipinski definition) is 2. The first kappa shape index (κ1) is 15.0. The molecule has 2 N–H and O–H groups in total. The highest BCUT2D eigenvalue weighted by Gasteiger charge is 2.16. The Morgan fingerprint density at radius 3 is 2.39 bits per heavy atom. The molecule has 0 bridgehead atoms. The highest BCUT2D eigenvalue weighted by Crippen LogP contribution is 2.10. The molecule has 0 saturated heterocycles. The largest absolute Gasteiger partial charge is 0.396 e. The second kappa shape index (κ2) is 7.39. The van der Waals surface area contributed by atoms with Crippen molar-refractivity contribution in [2.75, 3.05) is 6.61 Å². The van der Waals surface area contributed by atoms with Gasteiger partial charge in [-0.25, -0.2) is 0 Å². The number of hydrogen-bond donors (Lipinski definition) is 2. The molecule has 1 aromatic carbocycles. The Morgan fingerprint density at radius 2 is 1.94 bits per heavy atom. The molecule has 3 nitrogen and oxygen atoms in total. The standard InChI is InChI=1S/C14H20ClNO2/c1-10(2)13(7-8-17)16-14(18)12-5-3-11(9-15)4-6-12/h3-6,10,13,17H,7-9H2,1-2H3,(H,16,18). The molecular formula is C14H20ClNO2. The average Bonchev–Trinajstić information content (AvgIpc) is 2.38. The topological polar surface area (TPSA) is 49.3 Å². The first-order chi connectivity index (χ1) is 8.58. The van der Waals surface area contributed by atoms with Crippen LogP contribution in [0, 0.1) is 5.92 Å². The van der Waals surface area contributed by atoms with Gasteiger partial charge in [-0.15, -0.1) is 11.6 Å². The summed E-state index contributed by atoms with van der Waals surface area (Å²) in [4.78, 5) is 12.0. The molecule has 0 heterocycles. The number of halogens is 1. The number of nitrogens with one attached hydrogen (secondary N) is 1. The molecule has 0 aliphatic rings. The Bertz CT molecular complexity index is 376. The Labute approximate surface area is 113 Å². The maximum Gasteiger partial charge on any atom is 0.251 e. The van der Waals surface area contributed by atoms with Crippen LogP contribution in [0.2, 0.25) is 0 Å². The van der Waals surface area contributed by atoms with Gasteiger partial charge in [-0.3, -0.25) is 4.79 Å². The Hall–Kier alpha value is -1.06. The van der Waals surface area contributed by atoms with E-state index in [0.29, 0.717) is 23.8 Å². The summed E-state index contributed by atoms with van der Waals surface area (Å²) in [6, 6.07) is 7.22. The van der Waals surface area contributed by atoms with Crippen LogP contribution in [0.4, 0.5) is 0 Å². The lowest BCUT2D eigenvalue weighted by Crippen LogP contribution is -2.39. The highest BCUT2D eigenvalue weighted by atomic mass is 35.5. The number of benzene rings is 1. The van der Waals surface area contributed by atoms with Gasteiger partial charge in [0.1, 0.15) is 0 Å². The zero-order valence-corrected chi connectivity index (χ0v) is 11.6. The zero-order valence-electron chi connectivity index (χ0n) is 10.8. The van der Waals surface area contributed by atoms with Crippen molar-refractivity contribution in [2.45, 2.75) is 32.2 Å². The maximum absolute atomic E-state index is 12.0. The van der Waals surface area contributed by atoms with E-state index in [1.54, 1.807) is 12.1 Å². The summed E-state index contributed by atoms with van der Waals surface area (Å²) in [5.41, 5.74) is 1.61. The van der Waals surface area contributed by atoms with Gasteiger partial charge in [0, 0.05) is 24.1 Å². The third kappa shape index (κ3) is 4.31. The van der Waals surface area contributed by atoms with Crippen LogP contribution >= 0.6 is 11.6 Å². The lowest BCUT2D eigenvalue weighted by atomic mass is 10.0. The number of aliphatic hydroxyl groups excluding tert-OH is 1. The molecule has 1 atom stereocenters. The van der Waals surface area contributed by atoms with Crippen LogP contribution in [0.15, 0.2) is 24.3 Å². The molecule has 0 aliphatic heterocycles. The monoisotopic (exact) mass is 269 g/mol. The fourth-order valence-corrected chi connectivity index (χ4v) is 1.89. The van der Waals surface area contributed by atoms with Crippen molar-refractivity contribution in [1.82, 2.24) is 5.32 Å². The van der Waals surface area contributed by atoms with Crippen LogP contribution in [0.25, 0.3) is 0 Å². The van der Waals surface area contributed by atoms with Gasteiger partial charge in [0.2, 0.25) is 0 Å². The van der Waals surface area contributed by atoms with Gasteiger partial charge >= 0.3 is 0 Å². The number of rotatable bonds is 6. The van der Waals surface area contributed by atoms with E-state index >= 15 is 0 Å². The molecule has 1 rings (SSSR count). The summed E-state index contributed by atoms with van der Waals surface area (Å²) in [5.74, 6) is 0.632. The van der Waals surface area contributed by atoms with E-state index in [4.69, 9.17) is 16.7 Å². The summed E-state index contributed by atoms with van der Waals surface area (Å²) in [6.45, 7) is 4.13. The third-order valence-corrected chi connectivity index (χ3v) is 3.24. The Morgan fingerprint density at radius 1 is 1.33 bits per heavy atom. The van der Waals surface area contributed by atoms with Crippen molar-refractivity contribution >= 4 is 17.5 Å². The minimum atomic E-state index is -0.108. The van der Waals surface area contributed by atoms with Crippen molar-refractivity contribution < 1.29 is 9.90 Å². The molecule has 0 saturated carbocycles. The molecule has 100 valence electrons. The van der Waals surface area contributed by atoms with Crippen molar-refractivity contribution in [1.29, 1.82) is 0 Å². The molecular weight excluding hydrogens is 250 g/mol. The normalized spacial score (nSPS) is 12.5. The molecule has 1 aromatic rings. The predicted molar refractivity (Wildman–Crippen MR) is 73.8 cm³/mol. The van der Waals surface area contributed by atoms with Crippen LogP contribution in [-0.4, -0.2) is 23.7 Å². The van der Waals surface area contributed by atoms with E-state index in [-0.39, 0.29) is 18.6 Å². The Balaban J connectivity index is 2.67. The molecule has 0 fully saturated rings. The lowest BCUT2D eigenvalue weighted by Gasteiger charge is -2.21. The van der Waals surface area contributed by atoms with Crippen molar-refractivity contribution in [3.05, 3.63) is 35.4 Å². The molecule has 0 aliphatic carbocycles. The second-order valence-electron chi connectivity index (χ2n) is 4.67. The van der Waals surface area contributed by atoms with Crippen LogP contribution in [0.3, 0.4) is 0 Å². The first-order valence-corrected chi connectivity index (χ1v) is 6.68. The van der Waals surface area contributed by atoms with E-state index in [1.165, 1.54) is 0 Å². The molecule has 1 amide bonds. The number of alkyl halides is 1. The average molecular weight is 270 g/mol. The number of carbonyl (C=O) groups excluding carboxylic acids is 1. The van der Waals surface area contributed by atoms with Crippen LogP contribution < -0.4 is 5.32 Å². The van der Waals surface area contributed by atoms with Crippen molar-refractivity contribution in [2.24, 2.45) is 5.92 Å². The van der Waals surface area contributed by atoms with Crippen molar-refractivity contribution in [3.63, 3.8) is 0 Å². The minimum Gasteiger partial charge on any atom is -0.396 e. The van der Waals surface area contributed by atoms with Crippen LogP contribution in [0.5, 0.6) is 0 Å². The van der Waals surface area contributed by atoms with Crippen LogP contribution in [-0.2, 0) is 5.88 Å². The summed E-state index contributed by atoms with van der Waals surface area (Å²) < 4.78 is 0. The number of aliphatic hydroxyl groups is 1. The molecule has 0 spiro atoms. The van der Waals surface area contributed by atoms with Gasteiger partial charge in [0.15, 0.2) is 0 Å². The van der Waals surface area contributed by atoms with Gasteiger partial charge in [-0.05, 0) is 30.0 Å². The number of amides is 1. The number of carbonyl (C=O) groups is 1. The van der Waals surface area contributed by atoms with E-state index in [9.17, 15) is 4.79 Å². The van der Waals surface area contributed by atoms with E-state index in [2.05, 4.69) is 5.32 Å². The fourth-order valence-electron chi connectivity index (χ4n) is 1.71. The van der Waals surface area contributed by atoms with Gasteiger partial charge in [-0.2, -0.15) is 0 Å². The van der Waals surface area contributed by atoms with E-state index in [0.717, 1.165) is 5.56 Å². The molecule has 18 heavy (non-hydrogen) atoms.